The molecule has 2 N–H and O–H groups in total. The number of nitrogens with two attached hydrogens (primary N) is 1. The Hall–Kier alpha value is -2.40. The summed E-state index contributed by atoms with van der Waals surface area (Å²) in [6, 6.07) is 11.8. The minimum atomic E-state index is 0.586. The van der Waals surface area contributed by atoms with Crippen molar-refractivity contribution >= 4 is 5.65 Å². The van der Waals surface area contributed by atoms with Gasteiger partial charge >= 0.3 is 0 Å². The van der Waals surface area contributed by atoms with E-state index in [1.807, 2.05) is 47.1 Å². The Balaban J connectivity index is 2.04. The zero-order chi connectivity index (χ0) is 13.9. The number of nitrogens with zero attached hydrogens (tertiary/aromatic N) is 3. The Morgan fingerprint density at radius 1 is 1.15 bits per heavy atom. The van der Waals surface area contributed by atoms with Gasteiger partial charge in [-0.25, -0.2) is 9.50 Å². The third kappa shape index (κ3) is 2.23. The predicted octanol–water partition coefficient (Wildman–Crippen LogP) is 1.91. The largest absolute Gasteiger partial charge is 0.497 e. The first-order valence-electron chi connectivity index (χ1n) is 6.50. The monoisotopic (exact) mass is 268 g/mol. The van der Waals surface area contributed by atoms with Crippen LogP contribution in [0.5, 0.6) is 5.75 Å². The fourth-order valence-electron chi connectivity index (χ4n) is 2.15. The first-order valence-corrected chi connectivity index (χ1v) is 6.50. The Labute approximate surface area is 117 Å². The Morgan fingerprint density at radius 3 is 2.65 bits per heavy atom. The lowest BCUT2D eigenvalue weighted by atomic mass is 10.1. The van der Waals surface area contributed by atoms with E-state index in [0.717, 1.165) is 34.8 Å². The maximum absolute atomic E-state index is 5.61. The first kappa shape index (κ1) is 12.6. The Bertz CT molecular complexity index is 718. The number of hydrogen-bond donors (Lipinski definition) is 1. The van der Waals surface area contributed by atoms with Gasteiger partial charge in [-0.2, -0.15) is 5.10 Å². The summed E-state index contributed by atoms with van der Waals surface area (Å²) in [6.07, 6.45) is 2.59. The molecule has 0 fully saturated rings. The van der Waals surface area contributed by atoms with Crippen LogP contribution in [-0.2, 0) is 6.42 Å². The highest BCUT2D eigenvalue weighted by Gasteiger charge is 2.06. The van der Waals surface area contributed by atoms with E-state index in [0.29, 0.717) is 6.54 Å². The van der Waals surface area contributed by atoms with Crippen molar-refractivity contribution in [1.29, 1.82) is 0 Å². The van der Waals surface area contributed by atoms with Gasteiger partial charge < -0.3 is 10.5 Å². The molecule has 3 rings (SSSR count). The van der Waals surface area contributed by atoms with E-state index < -0.39 is 0 Å². The summed E-state index contributed by atoms with van der Waals surface area (Å²) in [4.78, 5) is 4.32. The van der Waals surface area contributed by atoms with Crippen molar-refractivity contribution in [2.24, 2.45) is 5.73 Å². The molecule has 0 spiro atoms. The van der Waals surface area contributed by atoms with Gasteiger partial charge in [0, 0.05) is 12.0 Å². The molecule has 2 aromatic heterocycles. The fourth-order valence-corrected chi connectivity index (χ4v) is 2.15. The molecule has 0 amide bonds. The van der Waals surface area contributed by atoms with Crippen LogP contribution in [0.3, 0.4) is 0 Å². The lowest BCUT2D eigenvalue weighted by Crippen LogP contribution is -2.06. The predicted molar refractivity (Wildman–Crippen MR) is 77.7 cm³/mol. The molecular formula is C15H16N4O. The topological polar surface area (TPSA) is 65.4 Å². The van der Waals surface area contributed by atoms with Crippen molar-refractivity contribution in [3.8, 4) is 17.0 Å². The fraction of sp³-hybridized carbons (Fsp3) is 0.200. The zero-order valence-electron chi connectivity index (χ0n) is 11.3. The molecule has 0 saturated carbocycles. The second-order valence-corrected chi connectivity index (χ2v) is 4.51. The van der Waals surface area contributed by atoms with Crippen LogP contribution in [0.4, 0.5) is 0 Å². The highest BCUT2D eigenvalue weighted by molar-refractivity contribution is 5.61. The summed E-state index contributed by atoms with van der Waals surface area (Å²) in [5.74, 6) is 0.835. The summed E-state index contributed by atoms with van der Waals surface area (Å²) < 4.78 is 7.02. The maximum atomic E-state index is 5.61. The van der Waals surface area contributed by atoms with Crippen molar-refractivity contribution in [2.75, 3.05) is 13.7 Å². The van der Waals surface area contributed by atoms with Crippen LogP contribution in [0, 0.1) is 0 Å². The van der Waals surface area contributed by atoms with Crippen LogP contribution in [0.1, 0.15) is 5.69 Å². The molecule has 0 aliphatic rings. The van der Waals surface area contributed by atoms with Crippen molar-refractivity contribution in [2.45, 2.75) is 6.42 Å². The summed E-state index contributed by atoms with van der Waals surface area (Å²) in [5.41, 5.74) is 9.41. The molecule has 0 bridgehead atoms. The second kappa shape index (κ2) is 5.30. The Kier molecular flexibility index (Phi) is 3.35. The highest BCUT2D eigenvalue weighted by atomic mass is 16.5. The molecule has 2 heterocycles. The second-order valence-electron chi connectivity index (χ2n) is 4.51. The SMILES string of the molecule is COc1ccc(-c2ccc3ncc(CCN)n3n2)cc1. The minimum absolute atomic E-state index is 0.586. The number of imidazole rings is 1. The van der Waals surface area contributed by atoms with Gasteiger partial charge in [0.15, 0.2) is 5.65 Å². The summed E-state index contributed by atoms with van der Waals surface area (Å²) >= 11 is 0. The van der Waals surface area contributed by atoms with Gasteiger partial charge in [-0.05, 0) is 42.9 Å². The number of methoxy groups -OCH3 is 1. The van der Waals surface area contributed by atoms with E-state index >= 15 is 0 Å². The Morgan fingerprint density at radius 2 is 1.95 bits per heavy atom. The van der Waals surface area contributed by atoms with E-state index in [4.69, 9.17) is 10.5 Å². The molecule has 5 nitrogen and oxygen atoms in total. The molecule has 0 aliphatic carbocycles. The lowest BCUT2D eigenvalue weighted by molar-refractivity contribution is 0.415. The molecule has 5 heteroatoms. The van der Waals surface area contributed by atoms with Gasteiger partial charge in [0.2, 0.25) is 0 Å². The molecule has 0 aliphatic heterocycles. The van der Waals surface area contributed by atoms with Crippen LogP contribution in [-0.4, -0.2) is 28.3 Å². The molecule has 0 unspecified atom stereocenters. The highest BCUT2D eigenvalue weighted by Crippen LogP contribution is 2.21. The van der Waals surface area contributed by atoms with Crippen LogP contribution < -0.4 is 10.5 Å². The quantitative estimate of drug-likeness (QED) is 0.785. The van der Waals surface area contributed by atoms with Crippen molar-refractivity contribution in [3.63, 3.8) is 0 Å². The minimum Gasteiger partial charge on any atom is -0.497 e. The van der Waals surface area contributed by atoms with E-state index in [9.17, 15) is 0 Å². The number of rotatable bonds is 4. The molecule has 0 radical (unpaired) electrons. The van der Waals surface area contributed by atoms with Gasteiger partial charge in [-0.15, -0.1) is 0 Å². The molecular weight excluding hydrogens is 252 g/mol. The van der Waals surface area contributed by atoms with Crippen molar-refractivity contribution < 1.29 is 4.74 Å². The van der Waals surface area contributed by atoms with Gasteiger partial charge in [0.05, 0.1) is 24.7 Å². The normalized spacial score (nSPS) is 10.9. The average Bonchev–Trinajstić information content (AvgIpc) is 2.90. The van der Waals surface area contributed by atoms with E-state index in [-0.39, 0.29) is 0 Å². The number of ether oxygens (including phenoxy) is 1. The number of aromatic nitrogens is 3. The molecule has 1 aromatic carbocycles. The summed E-state index contributed by atoms with van der Waals surface area (Å²) in [7, 11) is 1.66. The molecule has 20 heavy (non-hydrogen) atoms. The number of fused-ring (bicyclic) bond motifs is 1. The van der Waals surface area contributed by atoms with Gasteiger partial charge in [-0.1, -0.05) is 0 Å². The zero-order valence-corrected chi connectivity index (χ0v) is 11.3. The van der Waals surface area contributed by atoms with Crippen molar-refractivity contribution in [1.82, 2.24) is 14.6 Å². The van der Waals surface area contributed by atoms with Crippen LogP contribution >= 0.6 is 0 Å². The van der Waals surface area contributed by atoms with Gasteiger partial charge in [-0.3, -0.25) is 0 Å². The third-order valence-electron chi connectivity index (χ3n) is 3.22. The number of hydrogen-bond acceptors (Lipinski definition) is 4. The molecule has 0 saturated heterocycles. The van der Waals surface area contributed by atoms with Crippen LogP contribution in [0.25, 0.3) is 16.9 Å². The van der Waals surface area contributed by atoms with Gasteiger partial charge in [0.1, 0.15) is 5.75 Å². The maximum Gasteiger partial charge on any atom is 0.153 e. The molecule has 0 atom stereocenters. The van der Waals surface area contributed by atoms with E-state index in [1.54, 1.807) is 7.11 Å². The standard InChI is InChI=1S/C15H16N4O/c1-20-13-4-2-11(3-5-13)14-6-7-15-17-10-12(8-9-16)19(15)18-14/h2-7,10H,8-9,16H2,1H3. The van der Waals surface area contributed by atoms with E-state index in [2.05, 4.69) is 10.1 Å². The first-order chi connectivity index (χ1) is 9.81. The van der Waals surface area contributed by atoms with E-state index in [1.165, 1.54) is 0 Å². The molecule has 3 aromatic rings. The van der Waals surface area contributed by atoms with Crippen LogP contribution in [0.15, 0.2) is 42.6 Å². The van der Waals surface area contributed by atoms with Gasteiger partial charge in [0.25, 0.3) is 0 Å². The number of benzene rings is 1. The lowest BCUT2D eigenvalue weighted by Gasteiger charge is -2.05. The summed E-state index contributed by atoms with van der Waals surface area (Å²) in [6.45, 7) is 0.586. The average molecular weight is 268 g/mol. The molecule has 102 valence electrons. The summed E-state index contributed by atoms with van der Waals surface area (Å²) in [5, 5.41) is 4.64. The smallest absolute Gasteiger partial charge is 0.153 e. The third-order valence-corrected chi connectivity index (χ3v) is 3.22. The van der Waals surface area contributed by atoms with Crippen molar-refractivity contribution in [3.05, 3.63) is 48.3 Å². The van der Waals surface area contributed by atoms with Crippen LogP contribution in [0.2, 0.25) is 0 Å².